The van der Waals surface area contributed by atoms with Crippen molar-refractivity contribution in [2.75, 3.05) is 50.7 Å². The first-order chi connectivity index (χ1) is 15.0. The molecule has 0 aliphatic carbocycles. The van der Waals surface area contributed by atoms with E-state index in [0.717, 1.165) is 45.2 Å². The van der Waals surface area contributed by atoms with Crippen LogP contribution in [0, 0.1) is 17.2 Å². The van der Waals surface area contributed by atoms with E-state index in [1.165, 1.54) is 38.3 Å². The van der Waals surface area contributed by atoms with Gasteiger partial charge in [-0.15, -0.1) is 0 Å². The molecule has 6 nitrogen and oxygen atoms in total. The number of benzene rings is 1. The summed E-state index contributed by atoms with van der Waals surface area (Å²) >= 11 is 0. The average Bonchev–Trinajstić information content (AvgIpc) is 2.74. The van der Waals surface area contributed by atoms with E-state index in [0.29, 0.717) is 29.5 Å². The van der Waals surface area contributed by atoms with Crippen LogP contribution in [-0.4, -0.2) is 62.5 Å². The Bertz CT molecular complexity index is 838. The van der Waals surface area contributed by atoms with Crippen LogP contribution in [0.25, 0.3) is 0 Å². The number of rotatable bonds is 4. The molecule has 1 spiro atoms. The minimum atomic E-state index is -0.437. The molecule has 4 saturated heterocycles. The Balaban J connectivity index is 1.15. The highest BCUT2D eigenvalue weighted by Gasteiger charge is 2.45. The van der Waals surface area contributed by atoms with Crippen molar-refractivity contribution in [3.8, 4) is 0 Å². The lowest BCUT2D eigenvalue weighted by Gasteiger charge is -2.55. The van der Waals surface area contributed by atoms with Crippen molar-refractivity contribution in [1.29, 1.82) is 0 Å². The first-order valence-corrected chi connectivity index (χ1v) is 11.8. The molecule has 1 atom stereocenters. The average molecular weight is 429 g/mol. The first kappa shape index (κ1) is 20.9. The Morgan fingerprint density at radius 2 is 1.81 bits per heavy atom. The van der Waals surface area contributed by atoms with Gasteiger partial charge in [-0.25, -0.2) is 4.39 Å². The van der Waals surface area contributed by atoms with Crippen LogP contribution in [0.2, 0.25) is 0 Å². The molecule has 4 fully saturated rings. The van der Waals surface area contributed by atoms with Gasteiger partial charge in [0.1, 0.15) is 5.82 Å². The lowest BCUT2D eigenvalue weighted by atomic mass is 9.71. The second-order valence-electron chi connectivity index (χ2n) is 10.1. The third-order valence-electron chi connectivity index (χ3n) is 7.90. The first-order valence-electron chi connectivity index (χ1n) is 11.8. The summed E-state index contributed by atoms with van der Waals surface area (Å²) in [6.45, 7) is 7.71. The monoisotopic (exact) mass is 428 g/mol. The largest absolute Gasteiger partial charge is 0.368 e. The molecule has 5 rings (SSSR count). The second kappa shape index (κ2) is 8.51. The molecule has 4 aliphatic rings. The lowest BCUT2D eigenvalue weighted by molar-refractivity contribution is -0.134. The zero-order chi connectivity index (χ0) is 21.4. The number of hydrogen-bond acceptors (Lipinski definition) is 5. The number of anilines is 1. The Hall–Kier alpha value is -1.99. The Kier molecular flexibility index (Phi) is 5.73. The number of piperidine rings is 3. The second-order valence-corrected chi connectivity index (χ2v) is 10.1. The van der Waals surface area contributed by atoms with Crippen LogP contribution in [0.3, 0.4) is 0 Å². The van der Waals surface area contributed by atoms with E-state index in [9.17, 15) is 14.0 Å². The third kappa shape index (κ3) is 4.35. The van der Waals surface area contributed by atoms with Crippen molar-refractivity contribution in [1.82, 2.24) is 15.5 Å². The zero-order valence-corrected chi connectivity index (χ0v) is 18.2. The van der Waals surface area contributed by atoms with Crippen molar-refractivity contribution in [2.24, 2.45) is 11.3 Å². The van der Waals surface area contributed by atoms with Gasteiger partial charge in [-0.1, -0.05) is 6.07 Å². The molecular formula is C24H33FN4O2. The molecule has 0 bridgehead atoms. The third-order valence-corrected chi connectivity index (χ3v) is 7.90. The van der Waals surface area contributed by atoms with E-state index in [1.54, 1.807) is 0 Å². The fourth-order valence-electron chi connectivity index (χ4n) is 5.90. The molecule has 1 aromatic carbocycles. The van der Waals surface area contributed by atoms with Gasteiger partial charge >= 0.3 is 0 Å². The Morgan fingerprint density at radius 1 is 1.06 bits per heavy atom. The Labute approximate surface area is 183 Å². The van der Waals surface area contributed by atoms with Gasteiger partial charge in [-0.05, 0) is 81.9 Å². The van der Waals surface area contributed by atoms with Gasteiger partial charge in [0.25, 0.3) is 0 Å². The minimum absolute atomic E-state index is 0.244. The highest BCUT2D eigenvalue weighted by atomic mass is 19.1. The summed E-state index contributed by atoms with van der Waals surface area (Å²) in [6.07, 6.45) is 5.75. The predicted molar refractivity (Wildman–Crippen MR) is 117 cm³/mol. The molecule has 168 valence electrons. The maximum Gasteiger partial charge on any atom is 0.234 e. The van der Waals surface area contributed by atoms with Crippen LogP contribution in [0.4, 0.5) is 10.1 Å². The number of nitrogens with zero attached hydrogens (tertiary/aromatic N) is 2. The predicted octanol–water partition coefficient (Wildman–Crippen LogP) is 2.25. The van der Waals surface area contributed by atoms with E-state index in [-0.39, 0.29) is 17.6 Å². The van der Waals surface area contributed by atoms with Crippen LogP contribution in [-0.2, 0) is 9.59 Å². The SMILES string of the molecule is O=C1CCC(c2ccc(N3CC4(CCN(CC5CCNCC5)CC4)C3)c(F)c2)C(=O)N1. The van der Waals surface area contributed by atoms with Gasteiger partial charge in [0, 0.05) is 31.5 Å². The van der Waals surface area contributed by atoms with Gasteiger partial charge in [-0.2, -0.15) is 0 Å². The summed E-state index contributed by atoms with van der Waals surface area (Å²) in [5.41, 5.74) is 1.63. The van der Waals surface area contributed by atoms with Crippen molar-refractivity contribution < 1.29 is 14.0 Å². The van der Waals surface area contributed by atoms with Gasteiger partial charge in [0.2, 0.25) is 11.8 Å². The van der Waals surface area contributed by atoms with Gasteiger partial charge in [0.05, 0.1) is 11.6 Å². The quantitative estimate of drug-likeness (QED) is 0.721. The van der Waals surface area contributed by atoms with Gasteiger partial charge < -0.3 is 15.1 Å². The van der Waals surface area contributed by atoms with Gasteiger partial charge in [-0.3, -0.25) is 14.9 Å². The summed E-state index contributed by atoms with van der Waals surface area (Å²) in [5.74, 6) is -0.424. The normalized spacial score (nSPS) is 27.3. The van der Waals surface area contributed by atoms with Crippen molar-refractivity contribution >= 4 is 17.5 Å². The maximum atomic E-state index is 14.9. The molecule has 1 unspecified atom stereocenters. The molecule has 2 amide bonds. The van der Waals surface area contributed by atoms with Crippen molar-refractivity contribution in [2.45, 2.75) is 44.4 Å². The number of halogens is 1. The number of amides is 2. The fourth-order valence-corrected chi connectivity index (χ4v) is 5.90. The molecule has 1 aromatic rings. The van der Waals surface area contributed by atoms with Crippen LogP contribution >= 0.6 is 0 Å². The van der Waals surface area contributed by atoms with Crippen LogP contribution < -0.4 is 15.5 Å². The number of nitrogens with one attached hydrogen (secondary N) is 2. The molecule has 31 heavy (non-hydrogen) atoms. The summed E-state index contributed by atoms with van der Waals surface area (Å²) in [5, 5.41) is 5.80. The summed E-state index contributed by atoms with van der Waals surface area (Å²) in [4.78, 5) is 28.2. The number of imide groups is 1. The smallest absolute Gasteiger partial charge is 0.234 e. The fraction of sp³-hybridized carbons (Fsp3) is 0.667. The zero-order valence-electron chi connectivity index (χ0n) is 18.2. The molecule has 2 N–H and O–H groups in total. The van der Waals surface area contributed by atoms with E-state index >= 15 is 0 Å². The van der Waals surface area contributed by atoms with Crippen molar-refractivity contribution in [3.05, 3.63) is 29.6 Å². The van der Waals surface area contributed by atoms with Crippen LogP contribution in [0.15, 0.2) is 18.2 Å². The van der Waals surface area contributed by atoms with Crippen molar-refractivity contribution in [3.63, 3.8) is 0 Å². The summed E-state index contributed by atoms with van der Waals surface area (Å²) in [6, 6.07) is 5.15. The maximum absolute atomic E-state index is 14.9. The molecule has 0 saturated carbocycles. The molecule has 4 aliphatic heterocycles. The van der Waals surface area contributed by atoms with Crippen LogP contribution in [0.1, 0.15) is 50.0 Å². The number of carbonyl (C=O) groups is 2. The standard InChI is InChI=1S/C24H33FN4O2/c25-20-13-18(19-2-4-22(30)27-23(19)31)1-3-21(20)29-15-24(16-29)7-11-28(12-8-24)14-17-5-9-26-10-6-17/h1,3,13,17,19,26H,2,4-12,14-16H2,(H,27,30,31). The lowest BCUT2D eigenvalue weighted by Crippen LogP contribution is -2.61. The Morgan fingerprint density at radius 3 is 2.48 bits per heavy atom. The number of hydrogen-bond donors (Lipinski definition) is 2. The van der Waals surface area contributed by atoms with Crippen LogP contribution in [0.5, 0.6) is 0 Å². The molecule has 7 heteroatoms. The molecule has 0 radical (unpaired) electrons. The molecule has 4 heterocycles. The van der Waals surface area contributed by atoms with E-state index in [1.807, 2.05) is 12.1 Å². The molecule has 0 aromatic heterocycles. The summed E-state index contributed by atoms with van der Waals surface area (Å²) in [7, 11) is 0. The topological polar surface area (TPSA) is 64.7 Å². The van der Waals surface area contributed by atoms with E-state index < -0.39 is 5.92 Å². The highest BCUT2D eigenvalue weighted by Crippen LogP contribution is 2.43. The minimum Gasteiger partial charge on any atom is -0.368 e. The van der Waals surface area contributed by atoms with E-state index in [4.69, 9.17) is 0 Å². The van der Waals surface area contributed by atoms with E-state index in [2.05, 4.69) is 20.4 Å². The highest BCUT2D eigenvalue weighted by molar-refractivity contribution is 6.00. The number of carbonyl (C=O) groups excluding carboxylic acids is 2. The number of likely N-dealkylation sites (tertiary alicyclic amines) is 1. The van der Waals surface area contributed by atoms with Gasteiger partial charge in [0.15, 0.2) is 0 Å². The summed E-state index contributed by atoms with van der Waals surface area (Å²) < 4.78 is 14.9. The molecular weight excluding hydrogens is 395 g/mol.